The molecule has 0 saturated carbocycles. The molecule has 0 saturated heterocycles. The summed E-state index contributed by atoms with van der Waals surface area (Å²) < 4.78 is 7.18. The van der Waals surface area contributed by atoms with Crippen LogP contribution in [-0.4, -0.2) is 32.6 Å². The Bertz CT molecular complexity index is 502. The molecule has 96 valence electrons. The average Bonchev–Trinajstić information content (AvgIpc) is 2.83. The summed E-state index contributed by atoms with van der Waals surface area (Å²) in [7, 11) is 0. The minimum atomic E-state index is -0.641. The molecule has 6 heteroatoms. The van der Waals surface area contributed by atoms with Crippen molar-refractivity contribution in [3.05, 3.63) is 41.4 Å². The molecule has 0 unspecified atom stereocenters. The van der Waals surface area contributed by atoms with Crippen molar-refractivity contribution < 1.29 is 9.84 Å². The monoisotopic (exact) mass is 267 g/mol. The number of aliphatic hydroxyl groups excluding tert-OH is 1. The first-order chi connectivity index (χ1) is 8.65. The fourth-order valence-electron chi connectivity index (χ4n) is 1.52. The number of hydrogen-bond donors (Lipinski definition) is 1. The zero-order valence-corrected chi connectivity index (χ0v) is 10.7. The van der Waals surface area contributed by atoms with Gasteiger partial charge in [0.2, 0.25) is 0 Å². The molecule has 0 bridgehead atoms. The van der Waals surface area contributed by atoms with Crippen LogP contribution in [0.15, 0.2) is 30.9 Å². The summed E-state index contributed by atoms with van der Waals surface area (Å²) in [4.78, 5) is 0. The van der Waals surface area contributed by atoms with Crippen LogP contribution in [0, 0.1) is 6.92 Å². The van der Waals surface area contributed by atoms with Crippen LogP contribution in [0.2, 0.25) is 5.02 Å². The molecule has 0 amide bonds. The molecule has 18 heavy (non-hydrogen) atoms. The van der Waals surface area contributed by atoms with Gasteiger partial charge in [0.05, 0.1) is 11.6 Å². The molecule has 1 N–H and O–H groups in total. The van der Waals surface area contributed by atoms with Gasteiger partial charge in [0.25, 0.3) is 0 Å². The lowest BCUT2D eigenvalue weighted by Crippen LogP contribution is -2.23. The lowest BCUT2D eigenvalue weighted by atomic mass is 10.2. The topological polar surface area (TPSA) is 60.2 Å². The molecule has 2 aromatic rings. The quantitative estimate of drug-likeness (QED) is 0.895. The smallest absolute Gasteiger partial charge is 0.138 e. The number of aliphatic hydroxyl groups is 1. The normalized spacial score (nSPS) is 12.4. The SMILES string of the molecule is Cc1ccc(Cl)c(OC[C@H](O)Cn2cnnc2)c1. The summed E-state index contributed by atoms with van der Waals surface area (Å²) >= 11 is 5.99. The van der Waals surface area contributed by atoms with Gasteiger partial charge in [-0.3, -0.25) is 0 Å². The van der Waals surface area contributed by atoms with E-state index in [9.17, 15) is 5.11 Å². The number of aromatic nitrogens is 3. The lowest BCUT2D eigenvalue weighted by molar-refractivity contribution is 0.0924. The zero-order valence-electron chi connectivity index (χ0n) is 9.95. The van der Waals surface area contributed by atoms with E-state index in [-0.39, 0.29) is 6.61 Å². The van der Waals surface area contributed by atoms with Crippen molar-refractivity contribution in [2.24, 2.45) is 0 Å². The lowest BCUT2D eigenvalue weighted by Gasteiger charge is -2.13. The summed E-state index contributed by atoms with van der Waals surface area (Å²) in [6, 6.07) is 5.52. The average molecular weight is 268 g/mol. The van der Waals surface area contributed by atoms with E-state index in [4.69, 9.17) is 16.3 Å². The summed E-state index contributed by atoms with van der Waals surface area (Å²) in [6.07, 6.45) is 2.45. The van der Waals surface area contributed by atoms with E-state index in [1.807, 2.05) is 19.1 Å². The van der Waals surface area contributed by atoms with Gasteiger partial charge in [0.1, 0.15) is 31.1 Å². The van der Waals surface area contributed by atoms with E-state index in [2.05, 4.69) is 10.2 Å². The van der Waals surface area contributed by atoms with Crippen molar-refractivity contribution in [3.63, 3.8) is 0 Å². The molecule has 0 spiro atoms. The zero-order chi connectivity index (χ0) is 13.0. The van der Waals surface area contributed by atoms with E-state index >= 15 is 0 Å². The third-order valence-electron chi connectivity index (χ3n) is 2.41. The van der Waals surface area contributed by atoms with Gasteiger partial charge in [0.15, 0.2) is 0 Å². The molecule has 1 aromatic carbocycles. The molecule has 0 aliphatic rings. The number of halogens is 1. The van der Waals surface area contributed by atoms with E-state index in [0.29, 0.717) is 17.3 Å². The largest absolute Gasteiger partial charge is 0.489 e. The maximum absolute atomic E-state index is 9.80. The van der Waals surface area contributed by atoms with Crippen molar-refractivity contribution in [2.45, 2.75) is 19.6 Å². The Morgan fingerprint density at radius 2 is 2.11 bits per heavy atom. The molecule has 0 aliphatic carbocycles. The third kappa shape index (κ3) is 3.45. The van der Waals surface area contributed by atoms with Crippen LogP contribution < -0.4 is 4.74 Å². The summed E-state index contributed by atoms with van der Waals surface area (Å²) in [5.74, 6) is 0.583. The molecular formula is C12H14ClN3O2. The first-order valence-corrected chi connectivity index (χ1v) is 5.92. The van der Waals surface area contributed by atoms with Crippen LogP contribution in [0.4, 0.5) is 0 Å². The highest BCUT2D eigenvalue weighted by atomic mass is 35.5. The Hall–Kier alpha value is -1.59. The summed E-state index contributed by atoms with van der Waals surface area (Å²) in [5.41, 5.74) is 1.06. The van der Waals surface area contributed by atoms with Gasteiger partial charge in [-0.15, -0.1) is 10.2 Å². The van der Waals surface area contributed by atoms with Crippen molar-refractivity contribution in [3.8, 4) is 5.75 Å². The fraction of sp³-hybridized carbons (Fsp3) is 0.333. The van der Waals surface area contributed by atoms with Gasteiger partial charge in [-0.1, -0.05) is 17.7 Å². The highest BCUT2D eigenvalue weighted by Crippen LogP contribution is 2.25. The number of rotatable bonds is 5. The van der Waals surface area contributed by atoms with Crippen molar-refractivity contribution in [1.29, 1.82) is 0 Å². The molecule has 0 radical (unpaired) electrons. The maximum Gasteiger partial charge on any atom is 0.138 e. The van der Waals surface area contributed by atoms with Crippen LogP contribution in [-0.2, 0) is 6.54 Å². The van der Waals surface area contributed by atoms with Crippen molar-refractivity contribution >= 4 is 11.6 Å². The molecule has 0 fully saturated rings. The number of hydrogen-bond acceptors (Lipinski definition) is 4. The standard InChI is InChI=1S/C12H14ClN3O2/c1-9-2-3-11(13)12(4-9)18-6-10(17)5-16-7-14-15-8-16/h2-4,7-8,10,17H,5-6H2,1H3/t10-/m1/s1. The molecule has 1 aromatic heterocycles. The Morgan fingerprint density at radius 1 is 1.39 bits per heavy atom. The Labute approximate surface area is 110 Å². The summed E-state index contributed by atoms with van der Waals surface area (Å²) in [5, 5.41) is 17.7. The maximum atomic E-state index is 9.80. The van der Waals surface area contributed by atoms with Gasteiger partial charge in [-0.25, -0.2) is 0 Å². The Kier molecular flexibility index (Phi) is 4.17. The number of ether oxygens (including phenoxy) is 1. The molecular weight excluding hydrogens is 254 g/mol. The molecule has 1 heterocycles. The van der Waals surface area contributed by atoms with Crippen LogP contribution in [0.25, 0.3) is 0 Å². The van der Waals surface area contributed by atoms with Crippen molar-refractivity contribution in [1.82, 2.24) is 14.8 Å². The molecule has 1 atom stereocenters. The van der Waals surface area contributed by atoms with Gasteiger partial charge in [-0.2, -0.15) is 0 Å². The van der Waals surface area contributed by atoms with Gasteiger partial charge in [-0.05, 0) is 24.6 Å². The van der Waals surface area contributed by atoms with Gasteiger partial charge >= 0.3 is 0 Å². The second-order valence-corrected chi connectivity index (χ2v) is 4.46. The first-order valence-electron chi connectivity index (χ1n) is 5.54. The van der Waals surface area contributed by atoms with Crippen LogP contribution in [0.5, 0.6) is 5.75 Å². The van der Waals surface area contributed by atoms with E-state index in [1.54, 1.807) is 23.3 Å². The predicted molar refractivity (Wildman–Crippen MR) is 67.7 cm³/mol. The minimum Gasteiger partial charge on any atom is -0.489 e. The van der Waals surface area contributed by atoms with Crippen molar-refractivity contribution in [2.75, 3.05) is 6.61 Å². The van der Waals surface area contributed by atoms with Gasteiger partial charge < -0.3 is 14.4 Å². The van der Waals surface area contributed by atoms with E-state index in [1.165, 1.54) is 0 Å². The number of benzene rings is 1. The van der Waals surface area contributed by atoms with E-state index < -0.39 is 6.10 Å². The number of aryl methyl sites for hydroxylation is 1. The molecule has 5 nitrogen and oxygen atoms in total. The fourth-order valence-corrected chi connectivity index (χ4v) is 1.69. The van der Waals surface area contributed by atoms with Crippen LogP contribution >= 0.6 is 11.6 Å². The predicted octanol–water partition coefficient (Wildman–Crippen LogP) is 1.68. The summed E-state index contributed by atoms with van der Waals surface area (Å²) in [6.45, 7) is 2.51. The first kappa shape index (κ1) is 12.9. The second kappa shape index (κ2) is 5.84. The van der Waals surface area contributed by atoms with Crippen LogP contribution in [0.1, 0.15) is 5.56 Å². The highest BCUT2D eigenvalue weighted by molar-refractivity contribution is 6.32. The number of nitrogens with zero attached hydrogens (tertiary/aromatic N) is 3. The van der Waals surface area contributed by atoms with E-state index in [0.717, 1.165) is 5.56 Å². The third-order valence-corrected chi connectivity index (χ3v) is 2.72. The molecule has 2 rings (SSSR count). The Balaban J connectivity index is 1.89. The second-order valence-electron chi connectivity index (χ2n) is 4.06. The Morgan fingerprint density at radius 3 is 2.83 bits per heavy atom. The highest BCUT2D eigenvalue weighted by Gasteiger charge is 2.08. The minimum absolute atomic E-state index is 0.168. The van der Waals surface area contributed by atoms with Crippen LogP contribution in [0.3, 0.4) is 0 Å². The molecule has 0 aliphatic heterocycles. The van der Waals surface area contributed by atoms with Gasteiger partial charge in [0, 0.05) is 0 Å².